The second-order valence-corrected chi connectivity index (χ2v) is 2.73. The van der Waals surface area contributed by atoms with Crippen molar-refractivity contribution >= 4 is 5.97 Å². The smallest absolute Gasteiger partial charge is 0.334 e. The van der Waals surface area contributed by atoms with E-state index in [4.69, 9.17) is 10.2 Å². The SMILES string of the molecule is CCC(O)C(=O)OCCC(C)O. The number of carbonyl (C=O) groups is 1. The predicted molar refractivity (Wildman–Crippen MR) is 43.6 cm³/mol. The maximum Gasteiger partial charge on any atom is 0.334 e. The fraction of sp³-hybridized carbons (Fsp3) is 0.875. The molecule has 0 aromatic carbocycles. The molecule has 72 valence electrons. The van der Waals surface area contributed by atoms with Gasteiger partial charge in [-0.1, -0.05) is 6.92 Å². The predicted octanol–water partition coefficient (Wildman–Crippen LogP) is 0.0714. The van der Waals surface area contributed by atoms with Gasteiger partial charge in [-0.3, -0.25) is 0 Å². The summed E-state index contributed by atoms with van der Waals surface area (Å²) in [5.41, 5.74) is 0. The average molecular weight is 176 g/mol. The van der Waals surface area contributed by atoms with Crippen LogP contribution in [0.5, 0.6) is 0 Å². The van der Waals surface area contributed by atoms with Gasteiger partial charge in [0.1, 0.15) is 0 Å². The van der Waals surface area contributed by atoms with Gasteiger partial charge in [0.2, 0.25) is 0 Å². The molecule has 0 heterocycles. The number of ether oxygens (including phenoxy) is 1. The number of aliphatic hydroxyl groups excluding tert-OH is 2. The van der Waals surface area contributed by atoms with E-state index in [1.165, 1.54) is 0 Å². The van der Waals surface area contributed by atoms with Crippen molar-refractivity contribution in [3.63, 3.8) is 0 Å². The minimum atomic E-state index is -1.03. The maximum absolute atomic E-state index is 10.8. The zero-order chi connectivity index (χ0) is 9.56. The van der Waals surface area contributed by atoms with Crippen molar-refractivity contribution in [2.45, 2.75) is 38.9 Å². The molecule has 0 aromatic heterocycles. The molecule has 0 saturated carbocycles. The summed E-state index contributed by atoms with van der Waals surface area (Å²) < 4.78 is 4.66. The summed E-state index contributed by atoms with van der Waals surface area (Å²) in [6, 6.07) is 0. The van der Waals surface area contributed by atoms with Gasteiger partial charge in [0, 0.05) is 6.42 Å². The van der Waals surface area contributed by atoms with E-state index < -0.39 is 18.2 Å². The zero-order valence-electron chi connectivity index (χ0n) is 7.49. The number of aliphatic hydroxyl groups is 2. The van der Waals surface area contributed by atoms with Crippen LogP contribution in [0.4, 0.5) is 0 Å². The summed E-state index contributed by atoms with van der Waals surface area (Å²) in [7, 11) is 0. The van der Waals surface area contributed by atoms with E-state index in [-0.39, 0.29) is 6.61 Å². The monoisotopic (exact) mass is 176 g/mol. The molecule has 0 radical (unpaired) electrons. The van der Waals surface area contributed by atoms with Crippen LogP contribution in [0.25, 0.3) is 0 Å². The molecule has 0 fully saturated rings. The molecule has 0 spiro atoms. The molecular weight excluding hydrogens is 160 g/mol. The molecule has 2 N–H and O–H groups in total. The Balaban J connectivity index is 3.44. The Kier molecular flexibility index (Phi) is 5.66. The fourth-order valence-corrected chi connectivity index (χ4v) is 0.593. The number of hydrogen-bond donors (Lipinski definition) is 2. The molecule has 0 rings (SSSR count). The van der Waals surface area contributed by atoms with Crippen LogP contribution < -0.4 is 0 Å². The first-order valence-corrected chi connectivity index (χ1v) is 4.10. The van der Waals surface area contributed by atoms with Crippen LogP contribution in [0.15, 0.2) is 0 Å². The van der Waals surface area contributed by atoms with E-state index in [9.17, 15) is 4.79 Å². The summed E-state index contributed by atoms with van der Waals surface area (Å²) >= 11 is 0. The van der Waals surface area contributed by atoms with Gasteiger partial charge in [0.25, 0.3) is 0 Å². The van der Waals surface area contributed by atoms with Gasteiger partial charge in [-0.05, 0) is 13.3 Å². The zero-order valence-corrected chi connectivity index (χ0v) is 7.49. The van der Waals surface area contributed by atoms with Gasteiger partial charge in [-0.25, -0.2) is 4.79 Å². The van der Waals surface area contributed by atoms with Crippen LogP contribution >= 0.6 is 0 Å². The first-order valence-electron chi connectivity index (χ1n) is 4.10. The molecule has 0 bridgehead atoms. The number of rotatable bonds is 5. The van der Waals surface area contributed by atoms with E-state index >= 15 is 0 Å². The lowest BCUT2D eigenvalue weighted by atomic mass is 10.3. The summed E-state index contributed by atoms with van der Waals surface area (Å²) in [5, 5.41) is 17.8. The third-order valence-corrected chi connectivity index (χ3v) is 1.44. The Morgan fingerprint density at radius 3 is 2.50 bits per heavy atom. The van der Waals surface area contributed by atoms with Crippen LogP contribution in [0.1, 0.15) is 26.7 Å². The highest BCUT2D eigenvalue weighted by atomic mass is 16.5. The van der Waals surface area contributed by atoms with Crippen molar-refractivity contribution in [2.75, 3.05) is 6.61 Å². The van der Waals surface area contributed by atoms with Crippen molar-refractivity contribution in [2.24, 2.45) is 0 Å². The Morgan fingerprint density at radius 2 is 2.08 bits per heavy atom. The maximum atomic E-state index is 10.8. The van der Waals surface area contributed by atoms with E-state index in [0.717, 1.165) is 0 Å². The lowest BCUT2D eigenvalue weighted by molar-refractivity contribution is -0.154. The van der Waals surface area contributed by atoms with Gasteiger partial charge in [-0.15, -0.1) is 0 Å². The molecule has 0 aliphatic heterocycles. The molecule has 2 unspecified atom stereocenters. The minimum absolute atomic E-state index is 0.160. The van der Waals surface area contributed by atoms with Gasteiger partial charge >= 0.3 is 5.97 Å². The summed E-state index contributed by atoms with van der Waals surface area (Å²) in [6.07, 6.45) is -0.744. The highest BCUT2D eigenvalue weighted by molar-refractivity contribution is 5.74. The average Bonchev–Trinajstić information content (AvgIpc) is 2.02. The van der Waals surface area contributed by atoms with Crippen LogP contribution in [-0.4, -0.2) is 35.0 Å². The van der Waals surface area contributed by atoms with Crippen LogP contribution in [0.2, 0.25) is 0 Å². The van der Waals surface area contributed by atoms with E-state index in [2.05, 4.69) is 4.74 Å². The number of carbonyl (C=O) groups excluding carboxylic acids is 1. The van der Waals surface area contributed by atoms with Gasteiger partial charge in [0.15, 0.2) is 6.10 Å². The lowest BCUT2D eigenvalue weighted by Crippen LogP contribution is -2.23. The van der Waals surface area contributed by atoms with E-state index in [1.54, 1.807) is 13.8 Å². The van der Waals surface area contributed by atoms with E-state index in [1.807, 2.05) is 0 Å². The van der Waals surface area contributed by atoms with Gasteiger partial charge < -0.3 is 14.9 Å². The Bertz CT molecular complexity index is 133. The summed E-state index contributed by atoms with van der Waals surface area (Å²) in [4.78, 5) is 10.8. The Morgan fingerprint density at radius 1 is 1.50 bits per heavy atom. The van der Waals surface area contributed by atoms with Crippen molar-refractivity contribution < 1.29 is 19.7 Å². The molecule has 2 atom stereocenters. The van der Waals surface area contributed by atoms with Crippen LogP contribution in [-0.2, 0) is 9.53 Å². The number of esters is 1. The highest BCUT2D eigenvalue weighted by Gasteiger charge is 2.13. The third kappa shape index (κ3) is 5.09. The molecule has 0 aliphatic carbocycles. The molecule has 0 amide bonds. The van der Waals surface area contributed by atoms with Crippen molar-refractivity contribution in [3.05, 3.63) is 0 Å². The molecule has 4 heteroatoms. The minimum Gasteiger partial charge on any atom is -0.464 e. The molecule has 0 aliphatic rings. The van der Waals surface area contributed by atoms with Crippen molar-refractivity contribution in [3.8, 4) is 0 Å². The molecule has 4 nitrogen and oxygen atoms in total. The van der Waals surface area contributed by atoms with Crippen LogP contribution in [0.3, 0.4) is 0 Å². The second-order valence-electron chi connectivity index (χ2n) is 2.73. The summed E-state index contributed by atoms with van der Waals surface area (Å²) in [5.74, 6) is -0.613. The molecule has 0 saturated heterocycles. The normalized spacial score (nSPS) is 15.3. The van der Waals surface area contributed by atoms with Crippen molar-refractivity contribution in [1.29, 1.82) is 0 Å². The highest BCUT2D eigenvalue weighted by Crippen LogP contribution is 1.96. The Hall–Kier alpha value is -0.610. The van der Waals surface area contributed by atoms with E-state index in [0.29, 0.717) is 12.8 Å². The molecule has 12 heavy (non-hydrogen) atoms. The molecular formula is C8H16O4. The summed E-state index contributed by atoms with van der Waals surface area (Å²) in [6.45, 7) is 3.47. The number of hydrogen-bond acceptors (Lipinski definition) is 4. The second kappa shape index (κ2) is 5.97. The third-order valence-electron chi connectivity index (χ3n) is 1.44. The van der Waals surface area contributed by atoms with Crippen molar-refractivity contribution in [1.82, 2.24) is 0 Å². The topological polar surface area (TPSA) is 66.8 Å². The van der Waals surface area contributed by atoms with Gasteiger partial charge in [0.05, 0.1) is 12.7 Å². The molecule has 0 aromatic rings. The Labute approximate surface area is 72.2 Å². The first kappa shape index (κ1) is 11.4. The fourth-order valence-electron chi connectivity index (χ4n) is 0.593. The quantitative estimate of drug-likeness (QED) is 0.582. The lowest BCUT2D eigenvalue weighted by Gasteiger charge is -2.09. The largest absolute Gasteiger partial charge is 0.464 e. The first-order chi connectivity index (χ1) is 5.57. The van der Waals surface area contributed by atoms with Crippen LogP contribution in [0, 0.1) is 0 Å². The standard InChI is InChI=1S/C8H16O4/c1-3-7(10)8(11)12-5-4-6(2)9/h6-7,9-10H,3-5H2,1-2H3. The van der Waals surface area contributed by atoms with Gasteiger partial charge in [-0.2, -0.15) is 0 Å².